The van der Waals surface area contributed by atoms with Crippen LogP contribution in [-0.4, -0.2) is 39.6 Å². The molecule has 1 N–H and O–H groups in total. The molecule has 0 radical (unpaired) electrons. The number of fused-ring (bicyclic) bond motifs is 1. The molecule has 0 aromatic heterocycles. The maximum Gasteiger partial charge on any atom is 0.262 e. The number of hydrogen-bond donors (Lipinski definition) is 1. The molecule has 29 heavy (non-hydrogen) atoms. The highest BCUT2D eigenvalue weighted by Crippen LogP contribution is 2.37. The topological polar surface area (TPSA) is 58.6 Å². The van der Waals surface area contributed by atoms with Crippen molar-refractivity contribution in [2.45, 2.75) is 43.0 Å². The maximum absolute atomic E-state index is 13.5. The smallest absolute Gasteiger partial charge is 0.262 e. The van der Waals surface area contributed by atoms with Gasteiger partial charge in [0.15, 0.2) is 11.6 Å². The van der Waals surface area contributed by atoms with Crippen LogP contribution in [0, 0.1) is 11.6 Å². The molecule has 4 rings (SSSR count). The van der Waals surface area contributed by atoms with Crippen molar-refractivity contribution in [1.29, 1.82) is 0 Å². The van der Waals surface area contributed by atoms with Crippen LogP contribution in [0.3, 0.4) is 0 Å². The minimum atomic E-state index is -3.95. The van der Waals surface area contributed by atoms with Crippen molar-refractivity contribution in [2.75, 3.05) is 24.9 Å². The predicted molar refractivity (Wildman–Crippen MR) is 107 cm³/mol. The molecular weight excluding hydrogens is 398 g/mol. The van der Waals surface area contributed by atoms with E-state index >= 15 is 0 Å². The first-order valence-corrected chi connectivity index (χ1v) is 11.3. The molecule has 1 saturated heterocycles. The van der Waals surface area contributed by atoms with E-state index in [1.165, 1.54) is 25.0 Å². The van der Waals surface area contributed by atoms with Crippen molar-refractivity contribution in [3.05, 3.63) is 53.1 Å². The minimum Gasteiger partial charge on any atom is -0.496 e. The molecule has 2 aliphatic rings. The fourth-order valence-corrected chi connectivity index (χ4v) is 5.77. The average molecular weight is 422 g/mol. The summed E-state index contributed by atoms with van der Waals surface area (Å²) in [5.41, 5.74) is 1.65. The van der Waals surface area contributed by atoms with E-state index < -0.39 is 21.7 Å². The summed E-state index contributed by atoms with van der Waals surface area (Å²) in [5.74, 6) is -1.44. The zero-order valence-corrected chi connectivity index (χ0v) is 17.1. The molecule has 0 amide bonds. The van der Waals surface area contributed by atoms with Gasteiger partial charge >= 0.3 is 0 Å². The molecule has 156 valence electrons. The monoisotopic (exact) mass is 422 g/mol. The van der Waals surface area contributed by atoms with Gasteiger partial charge < -0.3 is 9.64 Å². The minimum absolute atomic E-state index is 0.0146. The van der Waals surface area contributed by atoms with Crippen LogP contribution in [0.25, 0.3) is 0 Å². The summed E-state index contributed by atoms with van der Waals surface area (Å²) >= 11 is 0. The van der Waals surface area contributed by atoms with Gasteiger partial charge in [0, 0.05) is 17.7 Å². The molecule has 1 unspecified atom stereocenters. The number of rotatable bonds is 5. The highest BCUT2D eigenvalue weighted by Gasteiger charge is 2.32. The summed E-state index contributed by atoms with van der Waals surface area (Å²) in [6, 6.07) is 6.52. The number of sulfonamides is 1. The van der Waals surface area contributed by atoms with Crippen LogP contribution in [0.4, 0.5) is 14.5 Å². The maximum atomic E-state index is 13.5. The number of methoxy groups -OCH3 is 1. The van der Waals surface area contributed by atoms with Crippen molar-refractivity contribution in [3.8, 4) is 5.75 Å². The van der Waals surface area contributed by atoms with Crippen LogP contribution in [0.2, 0.25) is 0 Å². The Morgan fingerprint density at radius 2 is 1.83 bits per heavy atom. The zero-order valence-electron chi connectivity index (χ0n) is 16.2. The molecule has 5 nitrogen and oxygen atoms in total. The molecule has 0 spiro atoms. The van der Waals surface area contributed by atoms with E-state index in [1.807, 2.05) is 0 Å². The molecule has 1 heterocycles. The second-order valence-electron chi connectivity index (χ2n) is 7.60. The molecular formula is C21H24F2N2O3S. The Morgan fingerprint density at radius 3 is 2.52 bits per heavy atom. The Labute approximate surface area is 169 Å². The van der Waals surface area contributed by atoms with Gasteiger partial charge in [-0.05, 0) is 75.0 Å². The van der Waals surface area contributed by atoms with Crippen LogP contribution >= 0.6 is 0 Å². The van der Waals surface area contributed by atoms with Crippen molar-refractivity contribution in [3.63, 3.8) is 0 Å². The van der Waals surface area contributed by atoms with E-state index in [-0.39, 0.29) is 10.6 Å². The van der Waals surface area contributed by atoms with Crippen LogP contribution in [-0.2, 0) is 22.9 Å². The number of ether oxygens (including phenoxy) is 1. The van der Waals surface area contributed by atoms with Gasteiger partial charge in [-0.15, -0.1) is 0 Å². The standard InChI is InChI=1S/C21H24F2N2O3S/c1-28-20-8-9-21(29(26,27)24-14-4-7-18(22)19(23)12-14)16-6-5-15(13-17(16)20)25-10-2-3-11-25/h4,7-9,12,15,24H,2-3,5-6,10-11,13H2,1H3. The van der Waals surface area contributed by atoms with Crippen LogP contribution in [0.15, 0.2) is 35.2 Å². The van der Waals surface area contributed by atoms with Gasteiger partial charge in [0.05, 0.1) is 17.7 Å². The summed E-state index contributed by atoms with van der Waals surface area (Å²) < 4.78 is 60.6. The van der Waals surface area contributed by atoms with Gasteiger partial charge in [0.1, 0.15) is 5.75 Å². The lowest BCUT2D eigenvalue weighted by atomic mass is 9.87. The third-order valence-electron chi connectivity index (χ3n) is 5.85. The van der Waals surface area contributed by atoms with Gasteiger partial charge in [-0.3, -0.25) is 4.72 Å². The largest absolute Gasteiger partial charge is 0.496 e. The lowest BCUT2D eigenvalue weighted by Crippen LogP contribution is -2.37. The Morgan fingerprint density at radius 1 is 1.07 bits per heavy atom. The van der Waals surface area contributed by atoms with Crippen molar-refractivity contribution in [2.24, 2.45) is 0 Å². The van der Waals surface area contributed by atoms with Gasteiger partial charge in [-0.2, -0.15) is 0 Å². The average Bonchev–Trinajstić information content (AvgIpc) is 3.24. The van der Waals surface area contributed by atoms with Gasteiger partial charge in [0.2, 0.25) is 0 Å². The van der Waals surface area contributed by atoms with Gasteiger partial charge in [-0.25, -0.2) is 17.2 Å². The molecule has 2 aromatic rings. The van der Waals surface area contributed by atoms with E-state index in [2.05, 4.69) is 9.62 Å². The van der Waals surface area contributed by atoms with Crippen molar-refractivity contribution >= 4 is 15.7 Å². The van der Waals surface area contributed by atoms with Crippen LogP contribution in [0.1, 0.15) is 30.4 Å². The Bertz CT molecular complexity index is 1020. The molecule has 1 atom stereocenters. The van der Waals surface area contributed by atoms with Crippen LogP contribution < -0.4 is 9.46 Å². The number of nitrogens with one attached hydrogen (secondary N) is 1. The summed E-state index contributed by atoms with van der Waals surface area (Å²) in [6.45, 7) is 2.16. The molecule has 0 saturated carbocycles. The van der Waals surface area contributed by atoms with E-state index in [4.69, 9.17) is 4.74 Å². The Balaban J connectivity index is 1.67. The fourth-order valence-electron chi connectivity index (χ4n) is 4.43. The van der Waals surface area contributed by atoms with Gasteiger partial charge in [0.25, 0.3) is 10.0 Å². The first-order chi connectivity index (χ1) is 13.9. The third kappa shape index (κ3) is 3.96. The fraction of sp³-hybridized carbons (Fsp3) is 0.429. The number of benzene rings is 2. The first-order valence-electron chi connectivity index (χ1n) is 9.79. The zero-order chi connectivity index (χ0) is 20.6. The van der Waals surface area contributed by atoms with E-state index in [9.17, 15) is 17.2 Å². The quantitative estimate of drug-likeness (QED) is 0.798. The van der Waals surface area contributed by atoms with Crippen molar-refractivity contribution in [1.82, 2.24) is 4.90 Å². The SMILES string of the molecule is COc1ccc(S(=O)(=O)Nc2ccc(F)c(F)c2)c2c1CC(N1CCCC1)CC2. The molecule has 0 bridgehead atoms. The predicted octanol–water partition coefficient (Wildman–Crippen LogP) is 3.73. The summed E-state index contributed by atoms with van der Waals surface area (Å²) in [7, 11) is -2.37. The third-order valence-corrected chi connectivity index (χ3v) is 7.32. The summed E-state index contributed by atoms with van der Waals surface area (Å²) in [6.07, 6.45) is 4.66. The number of halogens is 2. The van der Waals surface area contributed by atoms with Gasteiger partial charge in [-0.1, -0.05) is 0 Å². The molecule has 8 heteroatoms. The highest BCUT2D eigenvalue weighted by molar-refractivity contribution is 7.92. The van der Waals surface area contributed by atoms with E-state index in [0.29, 0.717) is 18.2 Å². The summed E-state index contributed by atoms with van der Waals surface area (Å²) in [5, 5.41) is 0. The molecule has 1 fully saturated rings. The number of likely N-dealkylation sites (tertiary alicyclic amines) is 1. The highest BCUT2D eigenvalue weighted by atomic mass is 32.2. The normalized spacial score (nSPS) is 19.8. The van der Waals surface area contributed by atoms with E-state index in [0.717, 1.165) is 49.2 Å². The molecule has 1 aliphatic heterocycles. The lowest BCUT2D eigenvalue weighted by Gasteiger charge is -2.33. The molecule has 2 aromatic carbocycles. The molecule has 1 aliphatic carbocycles. The van der Waals surface area contributed by atoms with Crippen molar-refractivity contribution < 1.29 is 21.9 Å². The Hall–Kier alpha value is -2.19. The number of hydrogen-bond acceptors (Lipinski definition) is 4. The van der Waals surface area contributed by atoms with Crippen LogP contribution in [0.5, 0.6) is 5.75 Å². The second kappa shape index (κ2) is 7.91. The second-order valence-corrected chi connectivity index (χ2v) is 9.25. The first kappa shape index (κ1) is 20.1. The summed E-state index contributed by atoms with van der Waals surface area (Å²) in [4.78, 5) is 2.64. The number of anilines is 1. The van der Waals surface area contributed by atoms with E-state index in [1.54, 1.807) is 13.2 Å². The number of nitrogens with zero attached hydrogens (tertiary/aromatic N) is 1. The Kier molecular flexibility index (Phi) is 5.48. The lowest BCUT2D eigenvalue weighted by molar-refractivity contribution is 0.219.